The molecule has 162 valence electrons. The summed E-state index contributed by atoms with van der Waals surface area (Å²) in [6.07, 6.45) is -3.41. The summed E-state index contributed by atoms with van der Waals surface area (Å²) in [5, 5.41) is 8.67. The van der Waals surface area contributed by atoms with Crippen LogP contribution in [0.4, 0.5) is 24.7 Å². The first-order chi connectivity index (χ1) is 14.5. The van der Waals surface area contributed by atoms with E-state index in [9.17, 15) is 22.8 Å². The number of carbonyl (C=O) groups is 2. The summed E-state index contributed by atoms with van der Waals surface area (Å²) in [6, 6.07) is 5.33. The molecule has 31 heavy (non-hydrogen) atoms. The standard InChI is InChI=1S/C19H17F3N6O3/c1-9-3-4-11(5-12(9)19(20,21)22)27-18(30)15-6-13(28-31-15)10(2)26-17(29)14-7-16(23)25-8-24-14/h3-8,10H,1-2H3,(H,26,29)(H,27,30)(H2,23,24,25)/t10-/m0/s1. The lowest BCUT2D eigenvalue weighted by Gasteiger charge is -2.12. The Morgan fingerprint density at radius 1 is 1.13 bits per heavy atom. The number of aromatic nitrogens is 3. The van der Waals surface area contributed by atoms with Gasteiger partial charge in [-0.2, -0.15) is 13.2 Å². The largest absolute Gasteiger partial charge is 0.416 e. The molecule has 0 bridgehead atoms. The number of rotatable bonds is 5. The van der Waals surface area contributed by atoms with Crippen LogP contribution in [0.3, 0.4) is 0 Å². The van der Waals surface area contributed by atoms with Gasteiger partial charge in [0.2, 0.25) is 5.76 Å². The van der Waals surface area contributed by atoms with E-state index in [0.29, 0.717) is 0 Å². The smallest absolute Gasteiger partial charge is 0.384 e. The van der Waals surface area contributed by atoms with Crippen LogP contribution in [0.1, 0.15) is 50.8 Å². The molecule has 0 spiro atoms. The van der Waals surface area contributed by atoms with E-state index in [1.807, 2.05) is 0 Å². The van der Waals surface area contributed by atoms with Gasteiger partial charge in [0.15, 0.2) is 0 Å². The Morgan fingerprint density at radius 3 is 2.55 bits per heavy atom. The van der Waals surface area contributed by atoms with Gasteiger partial charge in [-0.3, -0.25) is 9.59 Å². The zero-order valence-corrected chi connectivity index (χ0v) is 16.3. The maximum Gasteiger partial charge on any atom is 0.416 e. The van der Waals surface area contributed by atoms with Crippen LogP contribution in [0.2, 0.25) is 0 Å². The lowest BCUT2D eigenvalue weighted by atomic mass is 10.1. The molecule has 0 aliphatic rings. The molecule has 9 nitrogen and oxygen atoms in total. The predicted molar refractivity (Wildman–Crippen MR) is 103 cm³/mol. The highest BCUT2D eigenvalue weighted by molar-refractivity contribution is 6.02. The molecule has 1 aromatic carbocycles. The third-order valence-corrected chi connectivity index (χ3v) is 4.27. The van der Waals surface area contributed by atoms with E-state index in [1.54, 1.807) is 6.92 Å². The number of amides is 2. The van der Waals surface area contributed by atoms with Crippen molar-refractivity contribution in [3.05, 3.63) is 64.9 Å². The molecule has 0 aliphatic heterocycles. The summed E-state index contributed by atoms with van der Waals surface area (Å²) in [6.45, 7) is 2.92. The van der Waals surface area contributed by atoms with Gasteiger partial charge < -0.3 is 20.9 Å². The molecule has 0 saturated carbocycles. The zero-order valence-electron chi connectivity index (χ0n) is 16.3. The minimum absolute atomic E-state index is 0.0301. The fourth-order valence-corrected chi connectivity index (χ4v) is 2.64. The van der Waals surface area contributed by atoms with Gasteiger partial charge >= 0.3 is 6.18 Å². The quantitative estimate of drug-likeness (QED) is 0.561. The molecule has 0 fully saturated rings. The van der Waals surface area contributed by atoms with Crippen LogP contribution >= 0.6 is 0 Å². The summed E-state index contributed by atoms with van der Waals surface area (Å²) in [5.41, 5.74) is 4.90. The van der Waals surface area contributed by atoms with Crippen molar-refractivity contribution in [2.75, 3.05) is 11.1 Å². The van der Waals surface area contributed by atoms with E-state index < -0.39 is 29.6 Å². The summed E-state index contributed by atoms with van der Waals surface area (Å²) >= 11 is 0. The molecule has 2 amide bonds. The minimum Gasteiger partial charge on any atom is -0.384 e. The molecule has 0 unspecified atom stereocenters. The molecule has 12 heteroatoms. The summed E-state index contributed by atoms with van der Waals surface area (Å²) in [4.78, 5) is 32.0. The summed E-state index contributed by atoms with van der Waals surface area (Å²) in [7, 11) is 0. The van der Waals surface area contributed by atoms with E-state index in [4.69, 9.17) is 10.3 Å². The molecule has 2 aromatic heterocycles. The first-order valence-electron chi connectivity index (χ1n) is 8.89. The Balaban J connectivity index is 1.69. The maximum absolute atomic E-state index is 13.0. The number of nitrogens with zero attached hydrogens (tertiary/aromatic N) is 3. The third-order valence-electron chi connectivity index (χ3n) is 4.27. The third kappa shape index (κ3) is 5.15. The maximum atomic E-state index is 13.0. The van der Waals surface area contributed by atoms with Gasteiger partial charge in [-0.15, -0.1) is 0 Å². The highest BCUT2D eigenvalue weighted by Crippen LogP contribution is 2.33. The van der Waals surface area contributed by atoms with Crippen molar-refractivity contribution >= 4 is 23.3 Å². The fourth-order valence-electron chi connectivity index (χ4n) is 2.64. The van der Waals surface area contributed by atoms with Crippen LogP contribution in [0.5, 0.6) is 0 Å². The van der Waals surface area contributed by atoms with Crippen LogP contribution in [0, 0.1) is 6.92 Å². The van der Waals surface area contributed by atoms with Gasteiger partial charge in [-0.05, 0) is 31.5 Å². The first kappa shape index (κ1) is 21.7. The van der Waals surface area contributed by atoms with Crippen molar-refractivity contribution in [1.29, 1.82) is 0 Å². The van der Waals surface area contributed by atoms with Crippen LogP contribution in [0.15, 0.2) is 41.2 Å². The molecule has 0 aliphatic carbocycles. The van der Waals surface area contributed by atoms with E-state index in [-0.39, 0.29) is 34.2 Å². The molecular formula is C19H17F3N6O3. The Morgan fingerprint density at radius 2 is 1.87 bits per heavy atom. The van der Waals surface area contributed by atoms with Gasteiger partial charge in [0.1, 0.15) is 23.5 Å². The van der Waals surface area contributed by atoms with Gasteiger partial charge in [0.05, 0.1) is 11.6 Å². The van der Waals surface area contributed by atoms with E-state index >= 15 is 0 Å². The average molecular weight is 434 g/mol. The SMILES string of the molecule is Cc1ccc(NC(=O)c2cc([C@H](C)NC(=O)c3cc(N)ncn3)no2)cc1C(F)(F)F. The number of anilines is 2. The molecule has 0 saturated heterocycles. The van der Waals surface area contributed by atoms with Gasteiger partial charge in [-0.1, -0.05) is 11.2 Å². The Bertz CT molecular complexity index is 1130. The molecule has 1 atom stereocenters. The highest BCUT2D eigenvalue weighted by Gasteiger charge is 2.32. The number of nitrogens with one attached hydrogen (secondary N) is 2. The zero-order chi connectivity index (χ0) is 22.8. The first-order valence-corrected chi connectivity index (χ1v) is 8.89. The molecule has 3 aromatic rings. The lowest BCUT2D eigenvalue weighted by Crippen LogP contribution is -2.27. The Hall–Kier alpha value is -3.96. The van der Waals surface area contributed by atoms with Crippen LogP contribution in [-0.4, -0.2) is 26.9 Å². The van der Waals surface area contributed by atoms with Crippen LogP contribution in [0.25, 0.3) is 0 Å². The Kier molecular flexibility index (Phi) is 5.90. The number of hydrogen-bond donors (Lipinski definition) is 3. The minimum atomic E-state index is -4.55. The predicted octanol–water partition coefficient (Wildman–Crippen LogP) is 3.12. The van der Waals surface area contributed by atoms with Crippen molar-refractivity contribution in [1.82, 2.24) is 20.4 Å². The number of halogens is 3. The second-order valence-corrected chi connectivity index (χ2v) is 6.62. The number of nitrogen functional groups attached to an aromatic ring is 1. The molecule has 0 radical (unpaired) electrons. The monoisotopic (exact) mass is 434 g/mol. The van der Waals surface area contributed by atoms with E-state index in [0.717, 1.165) is 12.4 Å². The summed E-state index contributed by atoms with van der Waals surface area (Å²) in [5.74, 6) is -1.46. The van der Waals surface area contributed by atoms with Crippen molar-refractivity contribution in [2.24, 2.45) is 0 Å². The lowest BCUT2D eigenvalue weighted by molar-refractivity contribution is -0.138. The normalized spacial score (nSPS) is 12.3. The van der Waals surface area contributed by atoms with Crippen molar-refractivity contribution in [3.8, 4) is 0 Å². The topological polar surface area (TPSA) is 136 Å². The number of carbonyl (C=O) groups excluding carboxylic acids is 2. The molecule has 3 rings (SSSR count). The number of hydrogen-bond acceptors (Lipinski definition) is 7. The van der Waals surface area contributed by atoms with Crippen molar-refractivity contribution in [2.45, 2.75) is 26.1 Å². The van der Waals surface area contributed by atoms with Gasteiger partial charge in [0.25, 0.3) is 11.8 Å². The van der Waals surface area contributed by atoms with Gasteiger partial charge in [-0.25, -0.2) is 9.97 Å². The van der Waals surface area contributed by atoms with E-state index in [2.05, 4.69) is 25.8 Å². The van der Waals surface area contributed by atoms with Gasteiger partial charge in [0, 0.05) is 17.8 Å². The number of alkyl halides is 3. The highest BCUT2D eigenvalue weighted by atomic mass is 19.4. The summed E-state index contributed by atoms with van der Waals surface area (Å²) < 4.78 is 44.1. The number of aryl methyl sites for hydroxylation is 1. The Labute approximate surface area is 173 Å². The number of nitrogens with two attached hydrogens (primary N) is 1. The second-order valence-electron chi connectivity index (χ2n) is 6.62. The average Bonchev–Trinajstić information content (AvgIpc) is 3.19. The molecule has 2 heterocycles. The molecule has 4 N–H and O–H groups in total. The van der Waals surface area contributed by atoms with Crippen LogP contribution < -0.4 is 16.4 Å². The number of benzene rings is 1. The fraction of sp³-hybridized carbons (Fsp3) is 0.211. The van der Waals surface area contributed by atoms with E-state index in [1.165, 1.54) is 31.2 Å². The van der Waals surface area contributed by atoms with Crippen LogP contribution in [-0.2, 0) is 6.18 Å². The van der Waals surface area contributed by atoms with Crippen molar-refractivity contribution in [3.63, 3.8) is 0 Å². The molecular weight excluding hydrogens is 417 g/mol. The second kappa shape index (κ2) is 8.42. The van der Waals surface area contributed by atoms with Crippen molar-refractivity contribution < 1.29 is 27.3 Å².